The fraction of sp³-hybridized carbons (Fsp3) is 0.333. The third-order valence-electron chi connectivity index (χ3n) is 3.44. The molecule has 1 aromatic rings. The Balaban J connectivity index is 2.44. The van der Waals surface area contributed by atoms with Gasteiger partial charge in [-0.1, -0.05) is 15.9 Å². The zero-order valence-corrected chi connectivity index (χ0v) is 16.2. The number of hydrogen-bond donors (Lipinski definition) is 2. The van der Waals surface area contributed by atoms with E-state index in [1.165, 1.54) is 19.1 Å². The van der Waals surface area contributed by atoms with Crippen molar-refractivity contribution in [1.29, 1.82) is 0 Å². The summed E-state index contributed by atoms with van der Waals surface area (Å²) in [6.45, 7) is 0.00673. The number of amides is 1. The maximum atomic E-state index is 12.5. The van der Waals surface area contributed by atoms with Crippen LogP contribution < -0.4 is 10.1 Å². The predicted octanol–water partition coefficient (Wildman–Crippen LogP) is 1.89. The number of rotatable bonds is 6. The van der Waals surface area contributed by atoms with Crippen molar-refractivity contribution in [3.63, 3.8) is 0 Å². The van der Waals surface area contributed by atoms with Crippen molar-refractivity contribution < 1.29 is 24.2 Å². The van der Waals surface area contributed by atoms with Crippen LogP contribution in [0.1, 0.15) is 0 Å². The van der Waals surface area contributed by atoms with E-state index in [1.54, 1.807) is 12.1 Å². The number of carbonyl (C=O) groups is 2. The molecule has 7 nitrogen and oxygen atoms in total. The van der Waals surface area contributed by atoms with Gasteiger partial charge >= 0.3 is 5.97 Å². The number of aliphatic hydroxyl groups excluding tert-OH is 1. The molecule has 0 saturated heterocycles. The zero-order valence-electron chi connectivity index (χ0n) is 13.1. The lowest BCUT2D eigenvalue weighted by molar-refractivity contribution is -0.136. The van der Waals surface area contributed by atoms with Gasteiger partial charge in [0.2, 0.25) is 0 Å². The fourth-order valence-corrected chi connectivity index (χ4v) is 3.59. The van der Waals surface area contributed by atoms with Crippen LogP contribution in [0.5, 0.6) is 5.75 Å². The van der Waals surface area contributed by atoms with Crippen molar-refractivity contribution in [1.82, 2.24) is 4.90 Å². The lowest BCUT2D eigenvalue weighted by Crippen LogP contribution is -2.31. The molecule has 1 aromatic carbocycles. The normalized spacial score (nSPS) is 14.2. The minimum absolute atomic E-state index is 0.0743. The van der Waals surface area contributed by atoms with E-state index in [9.17, 15) is 9.59 Å². The standard InChI is InChI=1S/C15H16Br2N2O5/c1-23-11-6-8(16)5-10(17)13(11)18-12-9(15(22)24-2)7-19(3-4-20)14(12)21/h5-6,18,20H,3-4,7H2,1-2H3. The highest BCUT2D eigenvalue weighted by Gasteiger charge is 2.35. The molecule has 130 valence electrons. The van der Waals surface area contributed by atoms with E-state index < -0.39 is 5.97 Å². The summed E-state index contributed by atoms with van der Waals surface area (Å²) in [5.41, 5.74) is 0.820. The molecule has 9 heteroatoms. The van der Waals surface area contributed by atoms with Gasteiger partial charge in [-0.2, -0.15) is 0 Å². The maximum absolute atomic E-state index is 12.5. The van der Waals surface area contributed by atoms with E-state index in [-0.39, 0.29) is 36.9 Å². The Hall–Kier alpha value is -1.58. The minimum Gasteiger partial charge on any atom is -0.494 e. The zero-order chi connectivity index (χ0) is 17.9. The number of ether oxygens (including phenoxy) is 2. The highest BCUT2D eigenvalue weighted by Crippen LogP contribution is 2.38. The van der Waals surface area contributed by atoms with Crippen LogP contribution in [0.15, 0.2) is 32.3 Å². The molecule has 1 aliphatic rings. The van der Waals surface area contributed by atoms with Gasteiger partial charge in [0.15, 0.2) is 0 Å². The second kappa shape index (κ2) is 8.00. The molecule has 24 heavy (non-hydrogen) atoms. The summed E-state index contributed by atoms with van der Waals surface area (Å²) < 4.78 is 11.5. The number of nitrogens with one attached hydrogen (secondary N) is 1. The van der Waals surface area contributed by atoms with Gasteiger partial charge in [0.05, 0.1) is 38.6 Å². The quantitative estimate of drug-likeness (QED) is 0.626. The van der Waals surface area contributed by atoms with E-state index in [1.807, 2.05) is 0 Å². The minimum atomic E-state index is -0.599. The molecule has 1 aliphatic heterocycles. The lowest BCUT2D eigenvalue weighted by atomic mass is 10.2. The molecule has 0 bridgehead atoms. The average Bonchev–Trinajstić information content (AvgIpc) is 2.86. The molecule has 2 rings (SSSR count). The first-order valence-electron chi connectivity index (χ1n) is 6.94. The molecular formula is C15H16Br2N2O5. The number of methoxy groups -OCH3 is 2. The van der Waals surface area contributed by atoms with Crippen molar-refractivity contribution in [3.05, 3.63) is 32.3 Å². The Kier molecular flexibility index (Phi) is 6.25. The van der Waals surface area contributed by atoms with Crippen LogP contribution in [0, 0.1) is 0 Å². The van der Waals surface area contributed by atoms with Crippen LogP contribution in [0.2, 0.25) is 0 Å². The third-order valence-corrected chi connectivity index (χ3v) is 4.53. The Morgan fingerprint density at radius 2 is 2.08 bits per heavy atom. The number of anilines is 1. The van der Waals surface area contributed by atoms with E-state index in [2.05, 4.69) is 37.2 Å². The van der Waals surface area contributed by atoms with Crippen LogP contribution in [0.4, 0.5) is 5.69 Å². The summed E-state index contributed by atoms with van der Waals surface area (Å²) in [5.74, 6) is -0.499. The van der Waals surface area contributed by atoms with Crippen molar-refractivity contribution in [3.8, 4) is 5.75 Å². The number of hydrogen-bond acceptors (Lipinski definition) is 6. The summed E-state index contributed by atoms with van der Waals surface area (Å²) in [6.07, 6.45) is 0. The molecule has 0 aromatic heterocycles. The Bertz CT molecular complexity index is 705. The lowest BCUT2D eigenvalue weighted by Gasteiger charge is -2.17. The van der Waals surface area contributed by atoms with Gasteiger partial charge in [0, 0.05) is 15.5 Å². The molecular weight excluding hydrogens is 448 g/mol. The van der Waals surface area contributed by atoms with Crippen molar-refractivity contribution in [2.45, 2.75) is 0 Å². The van der Waals surface area contributed by atoms with Crippen LogP contribution in [-0.4, -0.2) is 55.8 Å². The molecule has 0 radical (unpaired) electrons. The Morgan fingerprint density at radius 1 is 1.38 bits per heavy atom. The SMILES string of the molecule is COC(=O)C1=C(Nc2c(Br)cc(Br)cc2OC)C(=O)N(CCO)C1. The van der Waals surface area contributed by atoms with Gasteiger partial charge in [-0.15, -0.1) is 0 Å². The summed E-state index contributed by atoms with van der Waals surface area (Å²) in [6, 6.07) is 3.52. The maximum Gasteiger partial charge on any atom is 0.337 e. The second-order valence-corrected chi connectivity index (χ2v) is 6.66. The number of halogens is 2. The molecule has 0 atom stereocenters. The third kappa shape index (κ3) is 3.73. The summed E-state index contributed by atoms with van der Waals surface area (Å²) in [5, 5.41) is 12.1. The monoisotopic (exact) mass is 462 g/mol. The predicted molar refractivity (Wildman–Crippen MR) is 94.7 cm³/mol. The molecule has 2 N–H and O–H groups in total. The first kappa shape index (κ1) is 18.8. The highest BCUT2D eigenvalue weighted by atomic mass is 79.9. The van der Waals surface area contributed by atoms with Gasteiger partial charge in [-0.25, -0.2) is 4.79 Å². The molecule has 0 saturated carbocycles. The second-order valence-electron chi connectivity index (χ2n) is 4.89. The first-order chi connectivity index (χ1) is 11.4. The number of nitrogens with zero attached hydrogens (tertiary/aromatic N) is 1. The number of aliphatic hydroxyl groups is 1. The molecule has 0 aliphatic carbocycles. The average molecular weight is 464 g/mol. The molecule has 1 amide bonds. The van der Waals surface area contributed by atoms with Crippen molar-refractivity contribution in [2.75, 3.05) is 39.2 Å². The van der Waals surface area contributed by atoms with Crippen LogP contribution in [0.3, 0.4) is 0 Å². The van der Waals surface area contributed by atoms with E-state index in [0.29, 0.717) is 15.9 Å². The van der Waals surface area contributed by atoms with Gasteiger partial charge in [0.25, 0.3) is 5.91 Å². The first-order valence-corrected chi connectivity index (χ1v) is 8.53. The van der Waals surface area contributed by atoms with Crippen molar-refractivity contribution >= 4 is 49.4 Å². The number of esters is 1. The molecule has 0 unspecified atom stereocenters. The smallest absolute Gasteiger partial charge is 0.337 e. The number of carbonyl (C=O) groups excluding carboxylic acids is 2. The highest BCUT2D eigenvalue weighted by molar-refractivity contribution is 9.11. The molecule has 1 heterocycles. The number of β-amino-alcohol motifs (C(OH)–C–C–N with tert-alkyl or cyclic N) is 1. The number of benzene rings is 1. The summed E-state index contributed by atoms with van der Waals surface area (Å²) in [7, 11) is 2.76. The molecule has 0 spiro atoms. The fourth-order valence-electron chi connectivity index (χ4n) is 2.31. The van der Waals surface area contributed by atoms with Gasteiger partial charge in [-0.05, 0) is 28.1 Å². The summed E-state index contributed by atoms with van der Waals surface area (Å²) >= 11 is 6.77. The van der Waals surface area contributed by atoms with Gasteiger partial charge in [-0.3, -0.25) is 4.79 Å². The van der Waals surface area contributed by atoms with Gasteiger partial charge in [0.1, 0.15) is 11.4 Å². The Labute approximate surface area is 155 Å². The van der Waals surface area contributed by atoms with Crippen LogP contribution in [-0.2, 0) is 14.3 Å². The van der Waals surface area contributed by atoms with Crippen LogP contribution in [0.25, 0.3) is 0 Å². The largest absolute Gasteiger partial charge is 0.494 e. The van der Waals surface area contributed by atoms with E-state index in [0.717, 1.165) is 4.47 Å². The van der Waals surface area contributed by atoms with E-state index >= 15 is 0 Å². The topological polar surface area (TPSA) is 88.1 Å². The van der Waals surface area contributed by atoms with Gasteiger partial charge < -0.3 is 24.8 Å². The summed E-state index contributed by atoms with van der Waals surface area (Å²) in [4.78, 5) is 25.9. The van der Waals surface area contributed by atoms with Crippen LogP contribution >= 0.6 is 31.9 Å². The van der Waals surface area contributed by atoms with E-state index in [4.69, 9.17) is 14.6 Å². The molecule has 0 fully saturated rings. The Morgan fingerprint density at radius 3 is 2.67 bits per heavy atom. The van der Waals surface area contributed by atoms with Crippen molar-refractivity contribution in [2.24, 2.45) is 0 Å².